The summed E-state index contributed by atoms with van der Waals surface area (Å²) in [6, 6.07) is 5.95. The maximum absolute atomic E-state index is 6.15. The van der Waals surface area contributed by atoms with Gasteiger partial charge in [0.05, 0.1) is 12.7 Å². The highest BCUT2D eigenvalue weighted by molar-refractivity contribution is 6.31. The van der Waals surface area contributed by atoms with Gasteiger partial charge >= 0.3 is 0 Å². The second-order valence-electron chi connectivity index (χ2n) is 3.71. The minimum absolute atomic E-state index is 0.0195. The number of hydrogen-bond acceptors (Lipinski definition) is 2. The van der Waals surface area contributed by atoms with Gasteiger partial charge < -0.3 is 10.5 Å². The molecular formula is C11H14ClNO. The molecule has 14 heavy (non-hydrogen) atoms. The van der Waals surface area contributed by atoms with E-state index in [4.69, 9.17) is 22.1 Å². The summed E-state index contributed by atoms with van der Waals surface area (Å²) in [6.07, 6.45) is 0.881. The van der Waals surface area contributed by atoms with Gasteiger partial charge in [0.1, 0.15) is 0 Å². The van der Waals surface area contributed by atoms with Crippen molar-refractivity contribution in [2.24, 2.45) is 5.73 Å². The van der Waals surface area contributed by atoms with Crippen LogP contribution in [0.15, 0.2) is 18.2 Å². The fourth-order valence-corrected chi connectivity index (χ4v) is 2.21. The van der Waals surface area contributed by atoms with Gasteiger partial charge in [-0.3, -0.25) is 0 Å². The van der Waals surface area contributed by atoms with Crippen molar-refractivity contribution in [3.8, 4) is 0 Å². The van der Waals surface area contributed by atoms with Crippen LogP contribution in [0, 0.1) is 0 Å². The Kier molecular flexibility index (Phi) is 2.77. The number of fused-ring (bicyclic) bond motifs is 1. The van der Waals surface area contributed by atoms with Crippen LogP contribution in [0.5, 0.6) is 0 Å². The average Bonchev–Trinajstić information content (AvgIpc) is 2.17. The number of benzene rings is 1. The number of ether oxygens (including phenoxy) is 1. The summed E-state index contributed by atoms with van der Waals surface area (Å²) >= 11 is 6.15. The van der Waals surface area contributed by atoms with E-state index in [1.54, 1.807) is 0 Å². The molecule has 1 heterocycles. The molecule has 3 heteroatoms. The second kappa shape index (κ2) is 3.89. The predicted molar refractivity (Wildman–Crippen MR) is 57.5 cm³/mol. The fraction of sp³-hybridized carbons (Fsp3) is 0.455. The first-order valence-electron chi connectivity index (χ1n) is 4.84. The van der Waals surface area contributed by atoms with E-state index >= 15 is 0 Å². The summed E-state index contributed by atoms with van der Waals surface area (Å²) in [7, 11) is 0. The molecule has 0 spiro atoms. The maximum Gasteiger partial charge on any atom is 0.0990 e. The Morgan fingerprint density at radius 1 is 1.57 bits per heavy atom. The molecular weight excluding hydrogens is 198 g/mol. The number of nitrogens with two attached hydrogens (primary N) is 1. The van der Waals surface area contributed by atoms with Gasteiger partial charge in [-0.15, -0.1) is 0 Å². The van der Waals surface area contributed by atoms with Crippen molar-refractivity contribution in [3.63, 3.8) is 0 Å². The number of hydrogen-bond donors (Lipinski definition) is 1. The van der Waals surface area contributed by atoms with Crippen molar-refractivity contribution >= 4 is 11.6 Å². The van der Waals surface area contributed by atoms with Crippen LogP contribution in [0.4, 0.5) is 0 Å². The Hall–Kier alpha value is -0.570. The number of halogens is 1. The molecule has 2 rings (SSSR count). The molecule has 1 aromatic rings. The quantitative estimate of drug-likeness (QED) is 0.774. The summed E-state index contributed by atoms with van der Waals surface area (Å²) < 4.78 is 5.64. The van der Waals surface area contributed by atoms with E-state index in [0.717, 1.165) is 23.6 Å². The molecule has 1 aliphatic heterocycles. The summed E-state index contributed by atoms with van der Waals surface area (Å²) in [6.45, 7) is 2.68. The monoisotopic (exact) mass is 211 g/mol. The summed E-state index contributed by atoms with van der Waals surface area (Å²) in [4.78, 5) is 0. The average molecular weight is 212 g/mol. The molecule has 0 radical (unpaired) electrons. The standard InChI is InChI=1S/C11H14ClNO/c1-7(13)11-10-8(5-6-14-11)3-2-4-9(10)12/h2-4,7,11H,5-6,13H2,1H3/t7?,11-/m0/s1. The third-order valence-corrected chi connectivity index (χ3v) is 2.90. The molecule has 0 aromatic heterocycles. The Morgan fingerprint density at radius 2 is 2.36 bits per heavy atom. The Morgan fingerprint density at radius 3 is 3.07 bits per heavy atom. The van der Waals surface area contributed by atoms with Gasteiger partial charge in [0.15, 0.2) is 0 Å². The van der Waals surface area contributed by atoms with Gasteiger partial charge in [-0.1, -0.05) is 23.7 Å². The van der Waals surface area contributed by atoms with Crippen LogP contribution in [-0.4, -0.2) is 12.6 Å². The summed E-state index contributed by atoms with van der Waals surface area (Å²) in [5.74, 6) is 0. The zero-order valence-corrected chi connectivity index (χ0v) is 8.92. The summed E-state index contributed by atoms with van der Waals surface area (Å²) in [5.41, 5.74) is 8.22. The number of rotatable bonds is 1. The molecule has 1 aliphatic rings. The van der Waals surface area contributed by atoms with E-state index in [-0.39, 0.29) is 12.1 Å². The van der Waals surface area contributed by atoms with Gasteiger partial charge in [0, 0.05) is 16.6 Å². The van der Waals surface area contributed by atoms with Crippen LogP contribution < -0.4 is 5.73 Å². The molecule has 76 valence electrons. The predicted octanol–water partition coefficient (Wildman–Crippen LogP) is 2.30. The van der Waals surface area contributed by atoms with Crippen LogP contribution in [0.2, 0.25) is 5.02 Å². The minimum atomic E-state index is -0.0487. The van der Waals surface area contributed by atoms with Crippen LogP contribution >= 0.6 is 11.6 Å². The zero-order valence-electron chi connectivity index (χ0n) is 8.16. The van der Waals surface area contributed by atoms with Gasteiger partial charge in [-0.05, 0) is 25.0 Å². The Labute approximate surface area is 89.0 Å². The lowest BCUT2D eigenvalue weighted by molar-refractivity contribution is 0.0285. The molecule has 1 unspecified atom stereocenters. The van der Waals surface area contributed by atoms with E-state index in [0.29, 0.717) is 0 Å². The van der Waals surface area contributed by atoms with Gasteiger partial charge in [0.25, 0.3) is 0 Å². The molecule has 0 bridgehead atoms. The van der Waals surface area contributed by atoms with Crippen molar-refractivity contribution in [2.45, 2.75) is 25.5 Å². The third kappa shape index (κ3) is 1.65. The van der Waals surface area contributed by atoms with Crippen LogP contribution in [0.25, 0.3) is 0 Å². The van der Waals surface area contributed by atoms with E-state index in [2.05, 4.69) is 6.07 Å². The Balaban J connectivity index is 2.47. The molecule has 1 aromatic carbocycles. The van der Waals surface area contributed by atoms with E-state index in [1.807, 2.05) is 19.1 Å². The third-order valence-electron chi connectivity index (χ3n) is 2.57. The summed E-state index contributed by atoms with van der Waals surface area (Å²) in [5, 5.41) is 0.768. The molecule has 0 saturated heterocycles. The fourth-order valence-electron chi connectivity index (χ4n) is 1.91. The lowest BCUT2D eigenvalue weighted by Gasteiger charge is -2.29. The topological polar surface area (TPSA) is 35.2 Å². The second-order valence-corrected chi connectivity index (χ2v) is 4.12. The SMILES string of the molecule is CC(N)[C@@H]1OCCc2cccc(Cl)c21. The zero-order chi connectivity index (χ0) is 10.1. The minimum Gasteiger partial charge on any atom is -0.372 e. The van der Waals surface area contributed by atoms with Gasteiger partial charge in [-0.25, -0.2) is 0 Å². The first-order valence-corrected chi connectivity index (χ1v) is 5.22. The van der Waals surface area contributed by atoms with Crippen molar-refractivity contribution < 1.29 is 4.74 Å². The van der Waals surface area contributed by atoms with Crippen LogP contribution in [0.1, 0.15) is 24.2 Å². The molecule has 2 atom stereocenters. The van der Waals surface area contributed by atoms with E-state index < -0.39 is 0 Å². The lowest BCUT2D eigenvalue weighted by Crippen LogP contribution is -2.31. The Bertz CT molecular complexity index is 338. The normalized spacial score (nSPS) is 22.9. The smallest absolute Gasteiger partial charge is 0.0990 e. The highest BCUT2D eigenvalue weighted by atomic mass is 35.5. The van der Waals surface area contributed by atoms with Gasteiger partial charge in [0.2, 0.25) is 0 Å². The first kappa shape index (κ1) is 9.97. The van der Waals surface area contributed by atoms with E-state index in [9.17, 15) is 0 Å². The highest BCUT2D eigenvalue weighted by Gasteiger charge is 2.25. The van der Waals surface area contributed by atoms with Crippen molar-refractivity contribution in [3.05, 3.63) is 34.3 Å². The molecule has 0 amide bonds. The molecule has 0 fully saturated rings. The van der Waals surface area contributed by atoms with Crippen molar-refractivity contribution in [2.75, 3.05) is 6.61 Å². The largest absolute Gasteiger partial charge is 0.372 e. The van der Waals surface area contributed by atoms with Crippen LogP contribution in [0.3, 0.4) is 0 Å². The van der Waals surface area contributed by atoms with E-state index in [1.165, 1.54) is 5.56 Å². The first-order chi connectivity index (χ1) is 6.70. The maximum atomic E-state index is 6.15. The lowest BCUT2D eigenvalue weighted by atomic mass is 9.94. The molecule has 2 N–H and O–H groups in total. The molecule has 0 saturated carbocycles. The van der Waals surface area contributed by atoms with Gasteiger partial charge in [-0.2, -0.15) is 0 Å². The highest BCUT2D eigenvalue weighted by Crippen LogP contribution is 2.34. The van der Waals surface area contributed by atoms with Crippen molar-refractivity contribution in [1.82, 2.24) is 0 Å². The van der Waals surface area contributed by atoms with Crippen LogP contribution in [-0.2, 0) is 11.2 Å². The molecule has 2 nitrogen and oxygen atoms in total. The molecule has 0 aliphatic carbocycles. The van der Waals surface area contributed by atoms with Crippen molar-refractivity contribution in [1.29, 1.82) is 0 Å².